The molecule has 154 valence electrons. The lowest BCUT2D eigenvalue weighted by atomic mass is 9.88. The minimum Gasteiger partial charge on any atom is -0.370 e. The molecule has 3 saturated heterocycles. The van der Waals surface area contributed by atoms with E-state index in [0.29, 0.717) is 6.61 Å². The van der Waals surface area contributed by atoms with Gasteiger partial charge in [0.2, 0.25) is 0 Å². The third-order valence-electron chi connectivity index (χ3n) is 7.31. The summed E-state index contributed by atoms with van der Waals surface area (Å²) in [6.07, 6.45) is 4.34. The Labute approximate surface area is 166 Å². The Morgan fingerprint density at radius 1 is 1.07 bits per heavy atom. The predicted octanol–water partition coefficient (Wildman–Crippen LogP) is 2.79. The van der Waals surface area contributed by atoms with Crippen LogP contribution >= 0.6 is 0 Å². The Morgan fingerprint density at radius 2 is 1.89 bits per heavy atom. The van der Waals surface area contributed by atoms with Crippen molar-refractivity contribution in [2.75, 3.05) is 39.3 Å². The normalized spacial score (nSPS) is 37.2. The van der Waals surface area contributed by atoms with E-state index < -0.39 is 17.7 Å². The number of hydrogen-bond donors (Lipinski definition) is 1. The molecule has 4 nitrogen and oxygen atoms in total. The van der Waals surface area contributed by atoms with Gasteiger partial charge in [-0.1, -0.05) is 0 Å². The molecule has 0 radical (unpaired) electrons. The van der Waals surface area contributed by atoms with Crippen LogP contribution in [0.4, 0.5) is 8.78 Å². The van der Waals surface area contributed by atoms with Gasteiger partial charge >= 0.3 is 0 Å². The van der Waals surface area contributed by atoms with Crippen molar-refractivity contribution >= 4 is 0 Å². The van der Waals surface area contributed by atoms with Crippen molar-refractivity contribution in [2.24, 2.45) is 23.5 Å². The van der Waals surface area contributed by atoms with Crippen molar-refractivity contribution in [3.8, 4) is 0 Å². The molecule has 1 aliphatic carbocycles. The number of benzene rings is 1. The molecule has 0 spiro atoms. The second kappa shape index (κ2) is 7.63. The summed E-state index contributed by atoms with van der Waals surface area (Å²) in [6, 6.07) is 3.48. The van der Waals surface area contributed by atoms with Crippen molar-refractivity contribution in [1.82, 2.24) is 9.80 Å². The first-order valence-corrected chi connectivity index (χ1v) is 10.9. The largest absolute Gasteiger partial charge is 0.370 e. The summed E-state index contributed by atoms with van der Waals surface area (Å²) in [7, 11) is 0. The number of nitrogens with zero attached hydrogens (tertiary/aromatic N) is 2. The van der Waals surface area contributed by atoms with Gasteiger partial charge in [0.25, 0.3) is 0 Å². The first kappa shape index (κ1) is 18.9. The van der Waals surface area contributed by atoms with Gasteiger partial charge in [0, 0.05) is 43.8 Å². The Bertz CT molecular complexity index is 713. The van der Waals surface area contributed by atoms with Gasteiger partial charge < -0.3 is 15.4 Å². The van der Waals surface area contributed by atoms with Gasteiger partial charge in [-0.25, -0.2) is 8.78 Å². The SMILES string of the molecule is N[C@H]1C[C@@H](N2CC3CCN(CC4CC4)CC3C2)CO[C@@H]1c1cc(F)ccc1F. The molecular weight excluding hydrogens is 360 g/mol. The maximum Gasteiger partial charge on any atom is 0.129 e. The van der Waals surface area contributed by atoms with Crippen LogP contribution in [0.25, 0.3) is 0 Å². The number of likely N-dealkylation sites (tertiary alicyclic amines) is 2. The van der Waals surface area contributed by atoms with E-state index in [2.05, 4.69) is 9.80 Å². The molecule has 6 heteroatoms. The second-order valence-electron chi connectivity index (χ2n) is 9.44. The smallest absolute Gasteiger partial charge is 0.129 e. The number of halogens is 2. The molecule has 1 saturated carbocycles. The second-order valence-corrected chi connectivity index (χ2v) is 9.44. The number of rotatable bonds is 4. The van der Waals surface area contributed by atoms with Crippen LogP contribution in [-0.2, 0) is 4.74 Å². The molecule has 4 fully saturated rings. The average Bonchev–Trinajstić information content (AvgIpc) is 3.39. The van der Waals surface area contributed by atoms with Crippen LogP contribution in [0.15, 0.2) is 18.2 Å². The molecule has 0 bridgehead atoms. The summed E-state index contributed by atoms with van der Waals surface area (Å²) in [6.45, 7) is 6.55. The summed E-state index contributed by atoms with van der Waals surface area (Å²) in [5.41, 5.74) is 6.62. The van der Waals surface area contributed by atoms with Crippen LogP contribution in [0.1, 0.15) is 37.4 Å². The maximum atomic E-state index is 14.1. The first-order chi connectivity index (χ1) is 13.6. The molecule has 0 aromatic heterocycles. The summed E-state index contributed by atoms with van der Waals surface area (Å²) < 4.78 is 33.7. The monoisotopic (exact) mass is 391 g/mol. The van der Waals surface area contributed by atoms with E-state index >= 15 is 0 Å². The highest BCUT2D eigenvalue weighted by atomic mass is 19.1. The Balaban J connectivity index is 1.19. The molecule has 28 heavy (non-hydrogen) atoms. The Morgan fingerprint density at radius 3 is 2.68 bits per heavy atom. The van der Waals surface area contributed by atoms with Gasteiger partial charge in [-0.05, 0) is 68.2 Å². The minimum absolute atomic E-state index is 0.247. The van der Waals surface area contributed by atoms with Crippen molar-refractivity contribution in [2.45, 2.75) is 43.9 Å². The number of nitrogens with two attached hydrogens (primary N) is 1. The highest BCUT2D eigenvalue weighted by Crippen LogP contribution is 2.38. The first-order valence-electron chi connectivity index (χ1n) is 10.9. The van der Waals surface area contributed by atoms with E-state index in [4.69, 9.17) is 10.5 Å². The molecule has 1 aromatic carbocycles. The van der Waals surface area contributed by atoms with Gasteiger partial charge in [0.1, 0.15) is 17.7 Å². The lowest BCUT2D eigenvalue weighted by molar-refractivity contribution is -0.0480. The zero-order valence-corrected chi connectivity index (χ0v) is 16.4. The van der Waals surface area contributed by atoms with E-state index in [1.54, 1.807) is 0 Å². The fourth-order valence-electron chi connectivity index (χ4n) is 5.56. The number of fused-ring (bicyclic) bond motifs is 1. The van der Waals surface area contributed by atoms with E-state index in [9.17, 15) is 8.78 Å². The van der Waals surface area contributed by atoms with Crippen LogP contribution in [0, 0.1) is 29.4 Å². The molecular formula is C22H31F2N3O. The molecule has 3 heterocycles. The number of piperidine rings is 1. The fraction of sp³-hybridized carbons (Fsp3) is 0.727. The minimum atomic E-state index is -0.564. The molecule has 1 aromatic rings. The molecule has 5 atom stereocenters. The lowest BCUT2D eigenvalue weighted by Gasteiger charge is -2.39. The predicted molar refractivity (Wildman–Crippen MR) is 104 cm³/mol. The van der Waals surface area contributed by atoms with Gasteiger partial charge in [-0.15, -0.1) is 0 Å². The summed E-state index contributed by atoms with van der Waals surface area (Å²) in [4.78, 5) is 5.22. The van der Waals surface area contributed by atoms with Crippen molar-refractivity contribution in [3.63, 3.8) is 0 Å². The maximum absolute atomic E-state index is 14.1. The zero-order valence-electron chi connectivity index (χ0n) is 16.4. The van der Waals surface area contributed by atoms with E-state index in [0.717, 1.165) is 49.4 Å². The summed E-state index contributed by atoms with van der Waals surface area (Å²) in [5, 5.41) is 0. The molecule has 3 aliphatic heterocycles. The molecule has 2 unspecified atom stereocenters. The lowest BCUT2D eigenvalue weighted by Crippen LogP contribution is -2.48. The topological polar surface area (TPSA) is 41.7 Å². The van der Waals surface area contributed by atoms with Crippen molar-refractivity contribution < 1.29 is 13.5 Å². The third-order valence-corrected chi connectivity index (χ3v) is 7.31. The van der Waals surface area contributed by atoms with Crippen molar-refractivity contribution in [1.29, 1.82) is 0 Å². The average molecular weight is 392 g/mol. The van der Waals surface area contributed by atoms with Crippen LogP contribution in [0.5, 0.6) is 0 Å². The Hall–Kier alpha value is -1.08. The third kappa shape index (κ3) is 3.84. The number of ether oxygens (including phenoxy) is 1. The van der Waals surface area contributed by atoms with E-state index in [-0.39, 0.29) is 17.6 Å². The Kier molecular flexibility index (Phi) is 5.16. The fourth-order valence-corrected chi connectivity index (χ4v) is 5.56. The standard InChI is InChI=1S/C22H31F2N3O/c23-17-3-4-20(24)19(7-17)22-21(25)8-18(13-28-22)27-11-15-5-6-26(9-14-1-2-14)10-16(15)12-27/h3-4,7,14-16,18,21-22H,1-2,5-6,8-13,25H2/t15?,16?,18-,21+,22-/m1/s1. The quantitative estimate of drug-likeness (QED) is 0.857. The highest BCUT2D eigenvalue weighted by Gasteiger charge is 2.42. The van der Waals surface area contributed by atoms with Crippen LogP contribution in [0.2, 0.25) is 0 Å². The van der Waals surface area contributed by atoms with Gasteiger partial charge in [0.05, 0.1) is 6.61 Å². The van der Waals surface area contributed by atoms with Crippen LogP contribution in [0.3, 0.4) is 0 Å². The van der Waals surface area contributed by atoms with Crippen molar-refractivity contribution in [3.05, 3.63) is 35.4 Å². The van der Waals surface area contributed by atoms with Crippen LogP contribution < -0.4 is 5.73 Å². The number of hydrogen-bond acceptors (Lipinski definition) is 4. The molecule has 5 rings (SSSR count). The van der Waals surface area contributed by atoms with Gasteiger partial charge in [-0.2, -0.15) is 0 Å². The summed E-state index contributed by atoms with van der Waals surface area (Å²) >= 11 is 0. The van der Waals surface area contributed by atoms with E-state index in [1.165, 1.54) is 45.0 Å². The van der Waals surface area contributed by atoms with Crippen LogP contribution in [-0.4, -0.2) is 61.2 Å². The van der Waals surface area contributed by atoms with Gasteiger partial charge in [-0.3, -0.25) is 4.90 Å². The van der Waals surface area contributed by atoms with E-state index in [1.807, 2.05) is 0 Å². The molecule has 2 N–H and O–H groups in total. The molecule has 0 amide bonds. The molecule has 4 aliphatic rings. The highest BCUT2D eigenvalue weighted by molar-refractivity contribution is 5.23. The van der Waals surface area contributed by atoms with Gasteiger partial charge in [0.15, 0.2) is 0 Å². The summed E-state index contributed by atoms with van der Waals surface area (Å²) in [5.74, 6) is 1.60. The zero-order chi connectivity index (χ0) is 19.3.